The van der Waals surface area contributed by atoms with Crippen LogP contribution in [0.3, 0.4) is 0 Å². The van der Waals surface area contributed by atoms with Crippen LogP contribution < -0.4 is 10.9 Å². The molecule has 0 aliphatic heterocycles. The number of benzene rings is 1. The fraction of sp³-hybridized carbons (Fsp3) is 0.526. The zero-order valence-electron chi connectivity index (χ0n) is 15.1. The molecule has 1 amide bonds. The summed E-state index contributed by atoms with van der Waals surface area (Å²) >= 11 is 7.43. The van der Waals surface area contributed by atoms with Gasteiger partial charge in [0, 0.05) is 17.6 Å². The second-order valence-corrected chi connectivity index (χ2v) is 8.42. The molecule has 0 radical (unpaired) electrons. The summed E-state index contributed by atoms with van der Waals surface area (Å²) in [5.41, 5.74) is 0.546. The van der Waals surface area contributed by atoms with Crippen molar-refractivity contribution in [1.29, 1.82) is 0 Å². The molecule has 26 heavy (non-hydrogen) atoms. The molecule has 0 unspecified atom stereocenters. The zero-order valence-corrected chi connectivity index (χ0v) is 16.7. The third-order valence-corrected chi connectivity index (χ3v) is 6.07. The van der Waals surface area contributed by atoms with Crippen molar-refractivity contribution in [2.45, 2.75) is 62.4 Å². The van der Waals surface area contributed by atoms with Crippen LogP contribution in [0.15, 0.2) is 28.2 Å². The summed E-state index contributed by atoms with van der Waals surface area (Å²) < 4.78 is 1.82. The van der Waals surface area contributed by atoms with Gasteiger partial charge in [-0.15, -0.1) is 0 Å². The van der Waals surface area contributed by atoms with E-state index in [4.69, 9.17) is 16.6 Å². The van der Waals surface area contributed by atoms with Crippen molar-refractivity contribution in [3.05, 3.63) is 33.6 Å². The Morgan fingerprint density at radius 3 is 2.81 bits per heavy atom. The molecule has 2 aromatic rings. The molecule has 0 saturated heterocycles. The Balaban J connectivity index is 2.08. The number of hydrogen-bond acceptors (Lipinski definition) is 4. The number of rotatable bonds is 5. The molecule has 1 N–H and O–H groups in total. The van der Waals surface area contributed by atoms with Gasteiger partial charge < -0.3 is 5.32 Å². The van der Waals surface area contributed by atoms with Crippen molar-refractivity contribution < 1.29 is 4.79 Å². The molecule has 1 aromatic heterocycles. The number of amides is 1. The first-order chi connectivity index (χ1) is 12.5. The third kappa shape index (κ3) is 4.07. The van der Waals surface area contributed by atoms with Crippen molar-refractivity contribution in [2.24, 2.45) is 0 Å². The lowest BCUT2D eigenvalue weighted by molar-refractivity contribution is -0.120. The molecule has 1 aliphatic carbocycles. The lowest BCUT2D eigenvalue weighted by Gasteiger charge is -2.26. The van der Waals surface area contributed by atoms with Crippen LogP contribution in [-0.4, -0.2) is 27.3 Å². The highest BCUT2D eigenvalue weighted by Crippen LogP contribution is 2.32. The van der Waals surface area contributed by atoms with Crippen LogP contribution in [0, 0.1) is 0 Å². The molecule has 1 atom stereocenters. The molecular formula is C19H24ClN3O2S. The van der Waals surface area contributed by atoms with Gasteiger partial charge in [-0.2, -0.15) is 0 Å². The molecule has 1 aromatic carbocycles. The number of fused-ring (bicyclic) bond motifs is 1. The Morgan fingerprint density at radius 2 is 2.12 bits per heavy atom. The number of aromatic nitrogens is 2. The first-order valence-corrected chi connectivity index (χ1v) is 10.4. The van der Waals surface area contributed by atoms with Gasteiger partial charge in [0.2, 0.25) is 5.91 Å². The SMILES string of the molecule is CCNC(=O)[C@H](C)Sc1nc2cc(Cl)ccc2c(=O)n1C1CCCCC1. The van der Waals surface area contributed by atoms with Crippen molar-refractivity contribution >= 4 is 40.2 Å². The van der Waals surface area contributed by atoms with Crippen LogP contribution in [-0.2, 0) is 4.79 Å². The number of nitrogens with one attached hydrogen (secondary N) is 1. The third-order valence-electron chi connectivity index (χ3n) is 4.77. The summed E-state index contributed by atoms with van der Waals surface area (Å²) in [5.74, 6) is -0.0480. The second kappa shape index (κ2) is 8.44. The standard InChI is InChI=1S/C19H24ClN3O2S/c1-3-21-17(24)12(2)26-19-22-16-11-13(20)9-10-15(16)18(25)23(19)14-7-5-4-6-8-14/h9-12,14H,3-8H2,1-2H3,(H,21,24)/t12-/m0/s1. The predicted octanol–water partition coefficient (Wildman–Crippen LogP) is 4.17. The molecule has 0 spiro atoms. The van der Waals surface area contributed by atoms with Gasteiger partial charge in [0.15, 0.2) is 5.16 Å². The van der Waals surface area contributed by atoms with Gasteiger partial charge in [-0.05, 0) is 44.9 Å². The molecule has 1 saturated carbocycles. The summed E-state index contributed by atoms with van der Waals surface area (Å²) in [6.45, 7) is 4.32. The minimum atomic E-state index is -0.326. The lowest BCUT2D eigenvalue weighted by Crippen LogP contribution is -2.33. The van der Waals surface area contributed by atoms with Crippen LogP contribution in [0.4, 0.5) is 0 Å². The molecule has 140 valence electrons. The first kappa shape index (κ1) is 19.2. The Bertz CT molecular complexity index is 862. The van der Waals surface area contributed by atoms with E-state index in [1.54, 1.807) is 18.2 Å². The van der Waals surface area contributed by atoms with E-state index in [-0.39, 0.29) is 22.8 Å². The van der Waals surface area contributed by atoms with Crippen LogP contribution in [0.5, 0.6) is 0 Å². The lowest BCUT2D eigenvalue weighted by atomic mass is 9.95. The maximum atomic E-state index is 13.2. The van der Waals surface area contributed by atoms with Crippen LogP contribution >= 0.6 is 23.4 Å². The normalized spacial score (nSPS) is 16.6. The maximum absolute atomic E-state index is 13.2. The molecule has 1 aliphatic rings. The van der Waals surface area contributed by atoms with Gasteiger partial charge in [-0.3, -0.25) is 14.2 Å². The summed E-state index contributed by atoms with van der Waals surface area (Å²) in [5, 5.41) is 4.24. The molecule has 0 bridgehead atoms. The highest BCUT2D eigenvalue weighted by molar-refractivity contribution is 8.00. The molecule has 5 nitrogen and oxygen atoms in total. The van der Waals surface area contributed by atoms with Gasteiger partial charge in [0.25, 0.3) is 5.56 Å². The average Bonchev–Trinajstić information content (AvgIpc) is 2.62. The minimum Gasteiger partial charge on any atom is -0.355 e. The van der Waals surface area contributed by atoms with E-state index in [0.29, 0.717) is 27.6 Å². The van der Waals surface area contributed by atoms with Crippen LogP contribution in [0.25, 0.3) is 10.9 Å². The molecular weight excluding hydrogens is 370 g/mol. The minimum absolute atomic E-state index is 0.0378. The maximum Gasteiger partial charge on any atom is 0.262 e. The Hall–Kier alpha value is -1.53. The van der Waals surface area contributed by atoms with E-state index in [9.17, 15) is 9.59 Å². The smallest absolute Gasteiger partial charge is 0.262 e. The fourth-order valence-electron chi connectivity index (χ4n) is 3.43. The van der Waals surface area contributed by atoms with Crippen molar-refractivity contribution in [1.82, 2.24) is 14.9 Å². The number of nitrogens with zero attached hydrogens (tertiary/aromatic N) is 2. The summed E-state index contributed by atoms with van der Waals surface area (Å²) in [6, 6.07) is 5.33. The largest absolute Gasteiger partial charge is 0.355 e. The van der Waals surface area contributed by atoms with E-state index in [0.717, 1.165) is 25.7 Å². The second-order valence-electron chi connectivity index (χ2n) is 6.68. The average molecular weight is 394 g/mol. The van der Waals surface area contributed by atoms with Crippen molar-refractivity contribution in [3.63, 3.8) is 0 Å². The van der Waals surface area contributed by atoms with Gasteiger partial charge in [-0.25, -0.2) is 4.98 Å². The molecule has 3 rings (SSSR count). The number of carbonyl (C=O) groups excluding carboxylic acids is 1. The van der Waals surface area contributed by atoms with Crippen LogP contribution in [0.1, 0.15) is 52.0 Å². The Labute approximate surface area is 162 Å². The number of thioether (sulfide) groups is 1. The highest BCUT2D eigenvalue weighted by Gasteiger charge is 2.24. The first-order valence-electron chi connectivity index (χ1n) is 9.17. The van der Waals surface area contributed by atoms with Gasteiger partial charge in [-0.1, -0.05) is 42.6 Å². The topological polar surface area (TPSA) is 64.0 Å². The fourth-order valence-corrected chi connectivity index (χ4v) is 4.60. The number of halogens is 1. The van der Waals surface area contributed by atoms with Gasteiger partial charge >= 0.3 is 0 Å². The van der Waals surface area contributed by atoms with E-state index < -0.39 is 0 Å². The van der Waals surface area contributed by atoms with E-state index in [2.05, 4.69) is 5.32 Å². The Morgan fingerprint density at radius 1 is 1.38 bits per heavy atom. The van der Waals surface area contributed by atoms with E-state index >= 15 is 0 Å². The summed E-state index contributed by atoms with van der Waals surface area (Å²) in [7, 11) is 0. The molecule has 1 fully saturated rings. The molecule has 7 heteroatoms. The van der Waals surface area contributed by atoms with Crippen molar-refractivity contribution in [2.75, 3.05) is 6.54 Å². The number of carbonyl (C=O) groups is 1. The van der Waals surface area contributed by atoms with Gasteiger partial charge in [0.1, 0.15) is 0 Å². The summed E-state index contributed by atoms with van der Waals surface area (Å²) in [4.78, 5) is 30.1. The quantitative estimate of drug-likeness (QED) is 0.611. The Kier molecular flexibility index (Phi) is 6.24. The highest BCUT2D eigenvalue weighted by atomic mass is 35.5. The number of hydrogen-bond donors (Lipinski definition) is 1. The van der Waals surface area contributed by atoms with Crippen LogP contribution in [0.2, 0.25) is 5.02 Å². The molecule has 1 heterocycles. The van der Waals surface area contributed by atoms with E-state index in [1.165, 1.54) is 18.2 Å². The van der Waals surface area contributed by atoms with Crippen molar-refractivity contribution in [3.8, 4) is 0 Å². The zero-order chi connectivity index (χ0) is 18.7. The monoisotopic (exact) mass is 393 g/mol. The van der Waals surface area contributed by atoms with E-state index in [1.807, 2.05) is 18.4 Å². The van der Waals surface area contributed by atoms with Gasteiger partial charge in [0.05, 0.1) is 16.2 Å². The summed E-state index contributed by atoms with van der Waals surface area (Å²) in [6.07, 6.45) is 5.39. The predicted molar refractivity (Wildman–Crippen MR) is 107 cm³/mol.